The first-order valence-electron chi connectivity index (χ1n) is 7.63. The first-order valence-corrected chi connectivity index (χ1v) is 9.50. The molecule has 0 aliphatic carbocycles. The van der Waals surface area contributed by atoms with E-state index in [9.17, 15) is 0 Å². The molecule has 0 fully saturated rings. The normalized spacial score (nSPS) is 10.8. The minimum Gasteiger partial charge on any atom is -0.269 e. The van der Waals surface area contributed by atoms with Crippen molar-refractivity contribution in [2.24, 2.45) is 0 Å². The maximum Gasteiger partial charge on any atom is 0.196 e. The largest absolute Gasteiger partial charge is 0.269 e. The van der Waals surface area contributed by atoms with Gasteiger partial charge >= 0.3 is 0 Å². The van der Waals surface area contributed by atoms with Gasteiger partial charge in [0.15, 0.2) is 11.0 Å². The van der Waals surface area contributed by atoms with Crippen LogP contribution in [0, 0.1) is 0 Å². The van der Waals surface area contributed by atoms with E-state index in [2.05, 4.69) is 62.6 Å². The van der Waals surface area contributed by atoms with E-state index >= 15 is 0 Å². The molecule has 0 N–H and O–H groups in total. The van der Waals surface area contributed by atoms with Crippen molar-refractivity contribution in [1.29, 1.82) is 0 Å². The fourth-order valence-electron chi connectivity index (χ4n) is 2.46. The average Bonchev–Trinajstić information content (AvgIpc) is 3.31. The lowest BCUT2D eigenvalue weighted by Crippen LogP contribution is -1.98. The van der Waals surface area contributed by atoms with Gasteiger partial charge in [0.25, 0.3) is 0 Å². The molecule has 4 rings (SSSR count). The summed E-state index contributed by atoms with van der Waals surface area (Å²) in [5.41, 5.74) is 2.37. The van der Waals surface area contributed by atoms with Crippen molar-refractivity contribution in [1.82, 2.24) is 14.8 Å². The quantitative estimate of drug-likeness (QED) is 0.459. The van der Waals surface area contributed by atoms with Crippen molar-refractivity contribution >= 4 is 23.1 Å². The van der Waals surface area contributed by atoms with Gasteiger partial charge in [0.2, 0.25) is 0 Å². The Bertz CT molecular complexity index is 900. The Morgan fingerprint density at radius 2 is 1.58 bits per heavy atom. The van der Waals surface area contributed by atoms with Crippen LogP contribution in [0.25, 0.3) is 16.4 Å². The highest BCUT2D eigenvalue weighted by Gasteiger charge is 2.16. The SMILES string of the molecule is c1ccc(CSc2nnc(-c3cccs3)n2-c2ccccc2)cc1. The van der Waals surface area contributed by atoms with Crippen LogP contribution in [0.2, 0.25) is 0 Å². The summed E-state index contributed by atoms with van der Waals surface area (Å²) in [6, 6.07) is 24.8. The van der Waals surface area contributed by atoms with E-state index in [0.717, 1.165) is 27.3 Å². The van der Waals surface area contributed by atoms with E-state index in [1.165, 1.54) is 5.56 Å². The van der Waals surface area contributed by atoms with Crippen LogP contribution in [0.1, 0.15) is 5.56 Å². The molecule has 4 aromatic rings. The monoisotopic (exact) mass is 349 g/mol. The summed E-state index contributed by atoms with van der Waals surface area (Å²) in [4.78, 5) is 1.12. The van der Waals surface area contributed by atoms with E-state index in [-0.39, 0.29) is 0 Å². The van der Waals surface area contributed by atoms with Crippen molar-refractivity contribution in [3.05, 3.63) is 83.7 Å². The Kier molecular flexibility index (Phi) is 4.44. The molecular formula is C19H15N3S2. The van der Waals surface area contributed by atoms with Gasteiger partial charge in [0, 0.05) is 11.4 Å². The van der Waals surface area contributed by atoms with Gasteiger partial charge in [-0.3, -0.25) is 4.57 Å². The third-order valence-corrected chi connectivity index (χ3v) is 5.47. The smallest absolute Gasteiger partial charge is 0.196 e. The zero-order chi connectivity index (χ0) is 16.2. The van der Waals surface area contributed by atoms with Crippen molar-refractivity contribution < 1.29 is 0 Å². The number of hydrogen-bond acceptors (Lipinski definition) is 4. The predicted molar refractivity (Wildman–Crippen MR) is 101 cm³/mol. The lowest BCUT2D eigenvalue weighted by molar-refractivity contribution is 0.886. The van der Waals surface area contributed by atoms with E-state index < -0.39 is 0 Å². The number of benzene rings is 2. The number of rotatable bonds is 5. The van der Waals surface area contributed by atoms with Crippen molar-refractivity contribution in [3.63, 3.8) is 0 Å². The molecule has 0 saturated heterocycles. The molecule has 5 heteroatoms. The Morgan fingerprint density at radius 1 is 0.833 bits per heavy atom. The molecule has 0 aliphatic heterocycles. The Labute approximate surface area is 149 Å². The minimum atomic E-state index is 0.871. The molecule has 0 radical (unpaired) electrons. The maximum absolute atomic E-state index is 4.45. The summed E-state index contributed by atoms with van der Waals surface area (Å²) in [5, 5.41) is 11.9. The van der Waals surface area contributed by atoms with E-state index in [0.29, 0.717) is 0 Å². The van der Waals surface area contributed by atoms with Gasteiger partial charge in [-0.05, 0) is 29.1 Å². The molecule has 0 saturated carbocycles. The average molecular weight is 349 g/mol. The zero-order valence-corrected chi connectivity index (χ0v) is 14.5. The lowest BCUT2D eigenvalue weighted by atomic mass is 10.2. The Hall–Kier alpha value is -2.37. The fourth-order valence-corrected chi connectivity index (χ4v) is 4.07. The first kappa shape index (κ1) is 15.2. The molecule has 0 bridgehead atoms. The van der Waals surface area contributed by atoms with Crippen molar-refractivity contribution in [2.45, 2.75) is 10.9 Å². The van der Waals surface area contributed by atoms with Crippen LogP contribution in [0.3, 0.4) is 0 Å². The summed E-state index contributed by atoms with van der Waals surface area (Å²) >= 11 is 3.39. The maximum atomic E-state index is 4.45. The Morgan fingerprint density at radius 3 is 2.29 bits per heavy atom. The molecule has 0 amide bonds. The standard InChI is InChI=1S/C19H15N3S2/c1-3-8-15(9-4-1)14-24-19-21-20-18(17-12-7-13-23-17)22(19)16-10-5-2-6-11-16/h1-13H,14H2. The van der Waals surface area contributed by atoms with E-state index in [1.807, 2.05) is 30.3 Å². The summed E-state index contributed by atoms with van der Waals surface area (Å²) in [6.45, 7) is 0. The number of thiophene rings is 1. The number of thioether (sulfide) groups is 1. The number of nitrogens with zero attached hydrogens (tertiary/aromatic N) is 3. The lowest BCUT2D eigenvalue weighted by Gasteiger charge is -2.09. The van der Waals surface area contributed by atoms with Crippen LogP contribution in [-0.2, 0) is 5.75 Å². The summed E-state index contributed by atoms with van der Waals surface area (Å²) in [7, 11) is 0. The van der Waals surface area contributed by atoms with Gasteiger partial charge in [0.05, 0.1) is 4.88 Å². The van der Waals surface area contributed by atoms with Crippen molar-refractivity contribution in [2.75, 3.05) is 0 Å². The van der Waals surface area contributed by atoms with E-state index in [1.54, 1.807) is 23.1 Å². The van der Waals surface area contributed by atoms with Crippen LogP contribution in [-0.4, -0.2) is 14.8 Å². The van der Waals surface area contributed by atoms with Gasteiger partial charge in [0.1, 0.15) is 0 Å². The van der Waals surface area contributed by atoms with E-state index in [4.69, 9.17) is 0 Å². The van der Waals surface area contributed by atoms with Crippen LogP contribution in [0.5, 0.6) is 0 Å². The zero-order valence-electron chi connectivity index (χ0n) is 12.9. The highest BCUT2D eigenvalue weighted by Crippen LogP contribution is 2.31. The second-order valence-electron chi connectivity index (χ2n) is 5.23. The van der Waals surface area contributed by atoms with Gasteiger partial charge in [-0.1, -0.05) is 66.4 Å². The highest BCUT2D eigenvalue weighted by molar-refractivity contribution is 7.98. The number of para-hydroxylation sites is 1. The van der Waals surface area contributed by atoms with Gasteiger partial charge < -0.3 is 0 Å². The first-order chi connectivity index (χ1) is 11.9. The minimum absolute atomic E-state index is 0.871. The molecule has 2 aromatic carbocycles. The molecule has 0 atom stereocenters. The molecule has 3 nitrogen and oxygen atoms in total. The number of aromatic nitrogens is 3. The van der Waals surface area contributed by atoms with Gasteiger partial charge in [-0.2, -0.15) is 0 Å². The van der Waals surface area contributed by atoms with Crippen LogP contribution < -0.4 is 0 Å². The predicted octanol–water partition coefficient (Wildman–Crippen LogP) is 5.29. The summed E-state index contributed by atoms with van der Waals surface area (Å²) in [6.07, 6.45) is 0. The molecule has 0 spiro atoms. The molecule has 24 heavy (non-hydrogen) atoms. The molecular weight excluding hydrogens is 334 g/mol. The number of hydrogen-bond donors (Lipinski definition) is 0. The topological polar surface area (TPSA) is 30.7 Å². The Balaban J connectivity index is 1.72. The molecule has 2 heterocycles. The third-order valence-electron chi connectivity index (χ3n) is 3.60. The highest BCUT2D eigenvalue weighted by atomic mass is 32.2. The summed E-state index contributed by atoms with van der Waals surface area (Å²) in [5.74, 6) is 1.77. The van der Waals surface area contributed by atoms with Crippen molar-refractivity contribution in [3.8, 4) is 16.4 Å². The van der Waals surface area contributed by atoms with Crippen LogP contribution in [0.15, 0.2) is 83.3 Å². The van der Waals surface area contributed by atoms with Gasteiger partial charge in [-0.25, -0.2) is 0 Å². The third kappa shape index (κ3) is 3.13. The fraction of sp³-hybridized carbons (Fsp3) is 0.0526. The van der Waals surface area contributed by atoms with Crippen LogP contribution >= 0.6 is 23.1 Å². The molecule has 0 unspecified atom stereocenters. The summed E-state index contributed by atoms with van der Waals surface area (Å²) < 4.78 is 2.14. The van der Waals surface area contributed by atoms with Gasteiger partial charge in [-0.15, -0.1) is 21.5 Å². The molecule has 2 aromatic heterocycles. The second-order valence-corrected chi connectivity index (χ2v) is 7.12. The van der Waals surface area contributed by atoms with Crippen LogP contribution in [0.4, 0.5) is 0 Å². The molecule has 118 valence electrons. The molecule has 0 aliphatic rings. The second kappa shape index (κ2) is 7.03.